The largest absolute Gasteiger partial charge is 0.324 e. The normalized spacial score (nSPS) is 19.7. The molecule has 1 saturated heterocycles. The highest BCUT2D eigenvalue weighted by atomic mass is 32.2. The fraction of sp³-hybridized carbons (Fsp3) is 0.600. The molecule has 1 aliphatic rings. The van der Waals surface area contributed by atoms with E-state index in [0.29, 0.717) is 17.5 Å². The monoisotopic (exact) mass is 269 g/mol. The minimum atomic E-state index is -0.426. The van der Waals surface area contributed by atoms with Crippen LogP contribution in [0.4, 0.5) is 0 Å². The van der Waals surface area contributed by atoms with Gasteiger partial charge in [-0.05, 0) is 13.8 Å². The third-order valence-corrected chi connectivity index (χ3v) is 3.76. The van der Waals surface area contributed by atoms with Crippen molar-refractivity contribution in [2.24, 2.45) is 5.73 Å². The number of nitrogens with two attached hydrogens (primary N) is 1. The molecule has 0 aromatic carbocycles. The quantitative estimate of drug-likeness (QED) is 0.735. The number of carbonyl (C=O) groups excluding carboxylic acids is 2. The SMILES string of the molecule is CC(C)n1c(CN)nnc1SC1CC(=O)NC1=O. The average Bonchev–Trinajstić information content (AvgIpc) is 2.83. The Morgan fingerprint density at radius 1 is 1.50 bits per heavy atom. The van der Waals surface area contributed by atoms with Crippen molar-refractivity contribution in [2.75, 3.05) is 0 Å². The van der Waals surface area contributed by atoms with E-state index in [4.69, 9.17) is 5.73 Å². The number of nitrogens with zero attached hydrogens (tertiary/aromatic N) is 3. The lowest BCUT2D eigenvalue weighted by Gasteiger charge is -2.13. The molecule has 0 saturated carbocycles. The van der Waals surface area contributed by atoms with E-state index in [-0.39, 0.29) is 24.3 Å². The number of aromatic nitrogens is 3. The van der Waals surface area contributed by atoms with Crippen LogP contribution in [0.5, 0.6) is 0 Å². The third kappa shape index (κ3) is 2.39. The van der Waals surface area contributed by atoms with Gasteiger partial charge in [0.1, 0.15) is 11.1 Å². The molecule has 1 unspecified atom stereocenters. The van der Waals surface area contributed by atoms with Crippen molar-refractivity contribution < 1.29 is 9.59 Å². The lowest BCUT2D eigenvalue weighted by atomic mass is 10.4. The van der Waals surface area contributed by atoms with E-state index in [1.165, 1.54) is 11.8 Å². The van der Waals surface area contributed by atoms with Gasteiger partial charge in [-0.25, -0.2) is 0 Å². The number of amides is 2. The zero-order valence-corrected chi connectivity index (χ0v) is 11.0. The fourth-order valence-corrected chi connectivity index (χ4v) is 2.97. The summed E-state index contributed by atoms with van der Waals surface area (Å²) in [6.45, 7) is 4.28. The summed E-state index contributed by atoms with van der Waals surface area (Å²) in [6, 6.07) is 0.154. The highest BCUT2D eigenvalue weighted by molar-refractivity contribution is 8.00. The Bertz CT molecular complexity index is 485. The Balaban J connectivity index is 2.21. The van der Waals surface area contributed by atoms with Gasteiger partial charge in [0, 0.05) is 12.5 Å². The molecule has 3 N–H and O–H groups in total. The van der Waals surface area contributed by atoms with Crippen molar-refractivity contribution in [1.29, 1.82) is 0 Å². The molecule has 18 heavy (non-hydrogen) atoms. The van der Waals surface area contributed by atoms with E-state index in [1.807, 2.05) is 18.4 Å². The van der Waals surface area contributed by atoms with Crippen molar-refractivity contribution in [3.8, 4) is 0 Å². The summed E-state index contributed by atoms with van der Waals surface area (Å²) in [5.41, 5.74) is 5.59. The van der Waals surface area contributed by atoms with Crippen molar-refractivity contribution in [3.05, 3.63) is 5.82 Å². The lowest BCUT2D eigenvalue weighted by Crippen LogP contribution is -2.23. The summed E-state index contributed by atoms with van der Waals surface area (Å²) in [7, 11) is 0. The second-order valence-electron chi connectivity index (χ2n) is 4.29. The highest BCUT2D eigenvalue weighted by Crippen LogP contribution is 2.29. The highest BCUT2D eigenvalue weighted by Gasteiger charge is 2.33. The summed E-state index contributed by atoms with van der Waals surface area (Å²) < 4.78 is 1.89. The van der Waals surface area contributed by atoms with Gasteiger partial charge in [-0.3, -0.25) is 14.9 Å². The topological polar surface area (TPSA) is 103 Å². The molecule has 0 bridgehead atoms. The Labute approximate surface area is 109 Å². The third-order valence-electron chi connectivity index (χ3n) is 2.61. The van der Waals surface area contributed by atoms with Gasteiger partial charge in [-0.1, -0.05) is 11.8 Å². The predicted molar refractivity (Wildman–Crippen MR) is 65.7 cm³/mol. The predicted octanol–water partition coefficient (Wildman–Crippen LogP) is -0.175. The smallest absolute Gasteiger partial charge is 0.240 e. The van der Waals surface area contributed by atoms with Crippen LogP contribution in [0.1, 0.15) is 32.1 Å². The van der Waals surface area contributed by atoms with E-state index in [1.54, 1.807) is 0 Å². The molecule has 0 radical (unpaired) electrons. The second kappa shape index (κ2) is 5.07. The van der Waals surface area contributed by atoms with Gasteiger partial charge in [-0.2, -0.15) is 0 Å². The molecule has 2 heterocycles. The van der Waals surface area contributed by atoms with Crippen LogP contribution in [-0.4, -0.2) is 31.8 Å². The maximum Gasteiger partial charge on any atom is 0.240 e. The second-order valence-corrected chi connectivity index (χ2v) is 5.46. The van der Waals surface area contributed by atoms with E-state index < -0.39 is 5.25 Å². The first-order valence-electron chi connectivity index (χ1n) is 5.67. The van der Waals surface area contributed by atoms with Crippen LogP contribution in [0.15, 0.2) is 5.16 Å². The maximum atomic E-state index is 11.5. The summed E-state index contributed by atoms with van der Waals surface area (Å²) in [5, 5.41) is 10.5. The molecule has 1 aromatic heterocycles. The number of carbonyl (C=O) groups is 2. The molecule has 7 nitrogen and oxygen atoms in total. The molecule has 8 heteroatoms. The molecule has 2 amide bonds. The molecular weight excluding hydrogens is 254 g/mol. The zero-order valence-electron chi connectivity index (χ0n) is 10.2. The average molecular weight is 269 g/mol. The van der Waals surface area contributed by atoms with E-state index >= 15 is 0 Å². The number of hydrogen-bond acceptors (Lipinski definition) is 6. The molecule has 1 atom stereocenters. The summed E-state index contributed by atoms with van der Waals surface area (Å²) in [4.78, 5) is 22.6. The number of thioether (sulfide) groups is 1. The van der Waals surface area contributed by atoms with Crippen LogP contribution in [0.2, 0.25) is 0 Å². The van der Waals surface area contributed by atoms with Crippen LogP contribution >= 0.6 is 11.8 Å². The van der Waals surface area contributed by atoms with Crippen molar-refractivity contribution in [2.45, 2.75) is 43.3 Å². The Kier molecular flexibility index (Phi) is 3.67. The van der Waals surface area contributed by atoms with Crippen LogP contribution in [-0.2, 0) is 16.1 Å². The fourth-order valence-electron chi connectivity index (χ4n) is 1.80. The van der Waals surface area contributed by atoms with E-state index in [2.05, 4.69) is 15.5 Å². The molecule has 0 spiro atoms. The van der Waals surface area contributed by atoms with Gasteiger partial charge in [0.25, 0.3) is 0 Å². The zero-order chi connectivity index (χ0) is 13.3. The summed E-state index contributed by atoms with van der Waals surface area (Å²) in [6.07, 6.45) is 0.187. The Hall–Kier alpha value is -1.41. The first-order chi connectivity index (χ1) is 8.52. The Morgan fingerprint density at radius 3 is 2.72 bits per heavy atom. The minimum Gasteiger partial charge on any atom is -0.324 e. The lowest BCUT2D eigenvalue weighted by molar-refractivity contribution is -0.124. The van der Waals surface area contributed by atoms with Crippen LogP contribution in [0, 0.1) is 0 Å². The molecule has 1 aromatic rings. The van der Waals surface area contributed by atoms with Gasteiger partial charge in [0.15, 0.2) is 5.16 Å². The van der Waals surface area contributed by atoms with Crippen molar-refractivity contribution in [1.82, 2.24) is 20.1 Å². The van der Waals surface area contributed by atoms with E-state index in [9.17, 15) is 9.59 Å². The molecule has 1 fully saturated rings. The number of rotatable bonds is 4. The van der Waals surface area contributed by atoms with Gasteiger partial charge < -0.3 is 10.3 Å². The van der Waals surface area contributed by atoms with Crippen LogP contribution < -0.4 is 11.1 Å². The van der Waals surface area contributed by atoms with E-state index in [0.717, 1.165) is 0 Å². The molecular formula is C10H15N5O2S. The van der Waals surface area contributed by atoms with Gasteiger partial charge >= 0.3 is 0 Å². The number of nitrogens with one attached hydrogen (secondary N) is 1. The van der Waals surface area contributed by atoms with Crippen molar-refractivity contribution >= 4 is 23.6 Å². The van der Waals surface area contributed by atoms with Gasteiger partial charge in [0.05, 0.1) is 6.54 Å². The van der Waals surface area contributed by atoms with Crippen LogP contribution in [0.25, 0.3) is 0 Å². The minimum absolute atomic E-state index is 0.154. The van der Waals surface area contributed by atoms with Gasteiger partial charge in [-0.15, -0.1) is 10.2 Å². The molecule has 2 rings (SSSR count). The standard InChI is InChI=1S/C10H15N5O2S/c1-5(2)15-7(4-11)13-14-10(15)18-6-3-8(16)12-9(6)17/h5-6H,3-4,11H2,1-2H3,(H,12,16,17). The van der Waals surface area contributed by atoms with Crippen LogP contribution in [0.3, 0.4) is 0 Å². The first-order valence-corrected chi connectivity index (χ1v) is 6.55. The molecule has 1 aliphatic heterocycles. The first kappa shape index (κ1) is 13.0. The maximum absolute atomic E-state index is 11.5. The summed E-state index contributed by atoms with van der Waals surface area (Å²) in [5.74, 6) is 0.169. The number of hydrogen-bond donors (Lipinski definition) is 2. The number of imide groups is 1. The Morgan fingerprint density at radius 2 is 2.22 bits per heavy atom. The molecule has 98 valence electrons. The van der Waals surface area contributed by atoms with Crippen molar-refractivity contribution in [3.63, 3.8) is 0 Å². The van der Waals surface area contributed by atoms with Gasteiger partial charge in [0.2, 0.25) is 11.8 Å². The molecule has 0 aliphatic carbocycles. The summed E-state index contributed by atoms with van der Waals surface area (Å²) >= 11 is 1.26.